The quantitative estimate of drug-likeness (QED) is 0.814. The standard InChI is InChI=1S/C10H14N4O2/c1-3-4-6(2)16-10-11-5-7-8(14-10)13-9(15)12-7/h5-6H,3-4H2,1-2H3,(H2,11,12,13,14,15)/t6-/m0/s1. The molecule has 0 unspecified atom stereocenters. The molecule has 2 heterocycles. The van der Waals surface area contributed by atoms with Crippen LogP contribution in [0.2, 0.25) is 0 Å². The van der Waals surface area contributed by atoms with Crippen LogP contribution in [0.1, 0.15) is 26.7 Å². The maximum absolute atomic E-state index is 11.0. The van der Waals surface area contributed by atoms with Gasteiger partial charge in [-0.25, -0.2) is 9.78 Å². The summed E-state index contributed by atoms with van der Waals surface area (Å²) in [7, 11) is 0. The average Bonchev–Trinajstić information content (AvgIpc) is 2.57. The molecule has 0 amide bonds. The molecule has 0 aliphatic rings. The molecule has 1 atom stereocenters. The number of imidazole rings is 1. The van der Waals surface area contributed by atoms with E-state index in [1.807, 2.05) is 6.92 Å². The number of hydrogen-bond donors (Lipinski definition) is 2. The fraction of sp³-hybridized carbons (Fsp3) is 0.500. The molecule has 0 aliphatic carbocycles. The number of aromatic nitrogens is 4. The SMILES string of the molecule is CCC[C@H](C)Oc1ncc2[nH]c(=O)[nH]c2n1. The summed E-state index contributed by atoms with van der Waals surface area (Å²) in [5.74, 6) is 0. The summed E-state index contributed by atoms with van der Waals surface area (Å²) in [6.07, 6.45) is 3.61. The van der Waals surface area contributed by atoms with E-state index in [2.05, 4.69) is 26.9 Å². The first kappa shape index (κ1) is 10.7. The average molecular weight is 222 g/mol. The number of aromatic amines is 2. The van der Waals surface area contributed by atoms with Crippen LogP contribution in [0.4, 0.5) is 0 Å². The normalized spacial score (nSPS) is 12.9. The highest BCUT2D eigenvalue weighted by molar-refractivity contribution is 5.68. The van der Waals surface area contributed by atoms with Crippen molar-refractivity contribution in [2.45, 2.75) is 32.8 Å². The number of H-pyrrole nitrogens is 2. The van der Waals surface area contributed by atoms with E-state index in [9.17, 15) is 4.79 Å². The lowest BCUT2D eigenvalue weighted by atomic mass is 10.2. The number of nitrogens with zero attached hydrogens (tertiary/aromatic N) is 2. The first-order chi connectivity index (χ1) is 7.69. The van der Waals surface area contributed by atoms with E-state index < -0.39 is 0 Å². The summed E-state index contributed by atoms with van der Waals surface area (Å²) in [5.41, 5.74) is 0.766. The van der Waals surface area contributed by atoms with Crippen molar-refractivity contribution < 1.29 is 4.74 Å². The highest BCUT2D eigenvalue weighted by Crippen LogP contribution is 2.10. The second-order valence-corrected chi connectivity index (χ2v) is 3.71. The minimum atomic E-state index is -0.289. The topological polar surface area (TPSA) is 83.7 Å². The van der Waals surface area contributed by atoms with E-state index in [-0.39, 0.29) is 11.8 Å². The summed E-state index contributed by atoms with van der Waals surface area (Å²) in [6.45, 7) is 4.06. The third-order valence-corrected chi connectivity index (χ3v) is 2.25. The van der Waals surface area contributed by atoms with Gasteiger partial charge in [0.2, 0.25) is 0 Å². The summed E-state index contributed by atoms with van der Waals surface area (Å²) in [5, 5.41) is 0. The smallest absolute Gasteiger partial charge is 0.325 e. The van der Waals surface area contributed by atoms with Gasteiger partial charge in [0.05, 0.1) is 12.3 Å². The Hall–Kier alpha value is -1.85. The van der Waals surface area contributed by atoms with Gasteiger partial charge in [0.1, 0.15) is 5.52 Å². The molecule has 0 fully saturated rings. The number of hydrogen-bond acceptors (Lipinski definition) is 4. The second kappa shape index (κ2) is 4.34. The van der Waals surface area contributed by atoms with Gasteiger partial charge in [0.25, 0.3) is 0 Å². The molecular formula is C10H14N4O2. The first-order valence-corrected chi connectivity index (χ1v) is 5.30. The summed E-state index contributed by atoms with van der Waals surface area (Å²) < 4.78 is 5.51. The zero-order valence-corrected chi connectivity index (χ0v) is 9.28. The molecule has 0 aliphatic heterocycles. The van der Waals surface area contributed by atoms with Crippen LogP contribution in [-0.4, -0.2) is 26.0 Å². The van der Waals surface area contributed by atoms with Crippen molar-refractivity contribution in [3.8, 4) is 6.01 Å². The summed E-state index contributed by atoms with van der Waals surface area (Å²) in [6, 6.07) is 0.295. The van der Waals surface area contributed by atoms with Crippen LogP contribution in [0.3, 0.4) is 0 Å². The molecule has 0 bridgehead atoms. The van der Waals surface area contributed by atoms with Crippen molar-refractivity contribution in [3.05, 3.63) is 16.7 Å². The largest absolute Gasteiger partial charge is 0.460 e. The molecule has 6 nitrogen and oxygen atoms in total. The lowest BCUT2D eigenvalue weighted by Crippen LogP contribution is -2.12. The zero-order valence-electron chi connectivity index (χ0n) is 9.28. The molecule has 0 saturated carbocycles. The molecule has 0 radical (unpaired) electrons. The Balaban J connectivity index is 2.22. The number of ether oxygens (including phenoxy) is 1. The summed E-state index contributed by atoms with van der Waals surface area (Å²) in [4.78, 5) is 24.3. The monoisotopic (exact) mass is 222 g/mol. The fourth-order valence-corrected chi connectivity index (χ4v) is 1.52. The molecule has 0 spiro atoms. The van der Waals surface area contributed by atoms with E-state index in [1.54, 1.807) is 0 Å². The Bertz CT molecular complexity index is 531. The molecule has 2 aromatic heterocycles. The van der Waals surface area contributed by atoms with Gasteiger partial charge in [0.15, 0.2) is 5.65 Å². The number of fused-ring (bicyclic) bond motifs is 1. The van der Waals surface area contributed by atoms with Crippen molar-refractivity contribution in [3.63, 3.8) is 0 Å². The molecule has 2 N–H and O–H groups in total. The van der Waals surface area contributed by atoms with E-state index in [4.69, 9.17) is 4.74 Å². The zero-order chi connectivity index (χ0) is 11.5. The third kappa shape index (κ3) is 2.21. The van der Waals surface area contributed by atoms with Crippen LogP contribution in [-0.2, 0) is 0 Å². The van der Waals surface area contributed by atoms with E-state index in [0.717, 1.165) is 12.8 Å². The molecule has 6 heteroatoms. The Morgan fingerprint density at radius 2 is 2.31 bits per heavy atom. The van der Waals surface area contributed by atoms with Crippen LogP contribution in [0.25, 0.3) is 11.2 Å². The van der Waals surface area contributed by atoms with Crippen LogP contribution in [0.5, 0.6) is 6.01 Å². The van der Waals surface area contributed by atoms with Gasteiger partial charge in [-0.1, -0.05) is 13.3 Å². The van der Waals surface area contributed by atoms with Crippen molar-refractivity contribution in [2.75, 3.05) is 0 Å². The van der Waals surface area contributed by atoms with E-state index in [1.165, 1.54) is 6.20 Å². The van der Waals surface area contributed by atoms with Crippen LogP contribution < -0.4 is 10.4 Å². The molecule has 0 saturated heterocycles. The van der Waals surface area contributed by atoms with Gasteiger partial charge in [-0.3, -0.25) is 4.98 Å². The van der Waals surface area contributed by atoms with Gasteiger partial charge in [0, 0.05) is 0 Å². The second-order valence-electron chi connectivity index (χ2n) is 3.71. The third-order valence-electron chi connectivity index (χ3n) is 2.25. The van der Waals surface area contributed by atoms with Crippen molar-refractivity contribution in [2.24, 2.45) is 0 Å². The first-order valence-electron chi connectivity index (χ1n) is 5.30. The molecule has 0 aromatic carbocycles. The highest BCUT2D eigenvalue weighted by atomic mass is 16.5. The lowest BCUT2D eigenvalue weighted by Gasteiger charge is -2.10. The van der Waals surface area contributed by atoms with Crippen molar-refractivity contribution in [1.29, 1.82) is 0 Å². The van der Waals surface area contributed by atoms with Gasteiger partial charge in [-0.05, 0) is 13.3 Å². The molecular weight excluding hydrogens is 208 g/mol. The van der Waals surface area contributed by atoms with Gasteiger partial charge in [-0.2, -0.15) is 4.98 Å². The van der Waals surface area contributed by atoms with Gasteiger partial charge >= 0.3 is 11.7 Å². The lowest BCUT2D eigenvalue weighted by molar-refractivity contribution is 0.193. The predicted octanol–water partition coefficient (Wildman–Crippen LogP) is 1.21. The maximum atomic E-state index is 11.0. The van der Waals surface area contributed by atoms with Crippen molar-refractivity contribution >= 4 is 11.2 Å². The maximum Gasteiger partial charge on any atom is 0.325 e. The molecule has 86 valence electrons. The Kier molecular flexibility index (Phi) is 2.89. The molecule has 16 heavy (non-hydrogen) atoms. The predicted molar refractivity (Wildman–Crippen MR) is 59.5 cm³/mol. The van der Waals surface area contributed by atoms with E-state index in [0.29, 0.717) is 17.2 Å². The Labute approximate surface area is 92.1 Å². The van der Waals surface area contributed by atoms with Crippen LogP contribution in [0, 0.1) is 0 Å². The van der Waals surface area contributed by atoms with Crippen molar-refractivity contribution in [1.82, 2.24) is 19.9 Å². The molecule has 2 rings (SSSR count). The minimum Gasteiger partial charge on any atom is -0.460 e. The van der Waals surface area contributed by atoms with Crippen LogP contribution in [0.15, 0.2) is 11.0 Å². The molecule has 2 aromatic rings. The minimum absolute atomic E-state index is 0.0770. The Morgan fingerprint density at radius 1 is 1.50 bits per heavy atom. The van der Waals surface area contributed by atoms with Gasteiger partial charge < -0.3 is 9.72 Å². The summed E-state index contributed by atoms with van der Waals surface area (Å²) >= 11 is 0. The van der Waals surface area contributed by atoms with E-state index >= 15 is 0 Å². The highest BCUT2D eigenvalue weighted by Gasteiger charge is 2.07. The number of rotatable bonds is 4. The Morgan fingerprint density at radius 3 is 3.06 bits per heavy atom. The number of nitrogens with one attached hydrogen (secondary N) is 2. The van der Waals surface area contributed by atoms with Crippen LogP contribution >= 0.6 is 0 Å². The fourth-order valence-electron chi connectivity index (χ4n) is 1.52. The van der Waals surface area contributed by atoms with Gasteiger partial charge in [-0.15, -0.1) is 0 Å².